The van der Waals surface area contributed by atoms with Crippen LogP contribution in [-0.4, -0.2) is 24.5 Å². The fraction of sp³-hybridized carbons (Fsp3) is 0.500. The van der Waals surface area contributed by atoms with E-state index in [1.165, 1.54) is 0 Å². The number of nitrogens with zero attached hydrogens (tertiary/aromatic N) is 5. The van der Waals surface area contributed by atoms with Gasteiger partial charge in [0.15, 0.2) is 5.82 Å². The van der Waals surface area contributed by atoms with E-state index in [0.717, 1.165) is 17.8 Å². The van der Waals surface area contributed by atoms with Gasteiger partial charge in [-0.2, -0.15) is 10.2 Å². The standard InChI is InChI=1S/C10H16N6/c1-3-8-4-9(15(2)13-8)6-16-7-12-10(5-11)14-16/h4,7H,3,5-6,11H2,1-2H3. The molecule has 0 aliphatic rings. The highest BCUT2D eigenvalue weighted by Gasteiger charge is 2.05. The Morgan fingerprint density at radius 1 is 1.38 bits per heavy atom. The summed E-state index contributed by atoms with van der Waals surface area (Å²) in [6.45, 7) is 3.14. The van der Waals surface area contributed by atoms with E-state index in [1.807, 2.05) is 11.7 Å². The molecule has 2 heterocycles. The van der Waals surface area contributed by atoms with E-state index < -0.39 is 0 Å². The molecule has 6 heteroatoms. The highest BCUT2D eigenvalue weighted by Crippen LogP contribution is 2.05. The Morgan fingerprint density at radius 3 is 2.75 bits per heavy atom. The summed E-state index contributed by atoms with van der Waals surface area (Å²) in [7, 11) is 1.94. The van der Waals surface area contributed by atoms with Crippen molar-refractivity contribution < 1.29 is 0 Å². The van der Waals surface area contributed by atoms with Crippen molar-refractivity contribution >= 4 is 0 Å². The average Bonchev–Trinajstić information content (AvgIpc) is 2.87. The van der Waals surface area contributed by atoms with Crippen LogP contribution in [0.25, 0.3) is 0 Å². The molecule has 0 unspecified atom stereocenters. The highest BCUT2D eigenvalue weighted by molar-refractivity contribution is 5.10. The summed E-state index contributed by atoms with van der Waals surface area (Å²) in [6.07, 6.45) is 2.64. The van der Waals surface area contributed by atoms with Gasteiger partial charge in [-0.3, -0.25) is 4.68 Å². The fourth-order valence-corrected chi connectivity index (χ4v) is 1.56. The number of aryl methyl sites for hydroxylation is 2. The van der Waals surface area contributed by atoms with Gasteiger partial charge in [-0.05, 0) is 12.5 Å². The zero-order valence-corrected chi connectivity index (χ0v) is 9.59. The van der Waals surface area contributed by atoms with Crippen LogP contribution in [-0.2, 0) is 26.6 Å². The van der Waals surface area contributed by atoms with Gasteiger partial charge in [0.2, 0.25) is 0 Å². The molecule has 16 heavy (non-hydrogen) atoms. The molecule has 0 aromatic carbocycles. The zero-order valence-electron chi connectivity index (χ0n) is 9.59. The minimum absolute atomic E-state index is 0.374. The number of aromatic nitrogens is 5. The van der Waals surface area contributed by atoms with Gasteiger partial charge in [0.05, 0.1) is 24.5 Å². The second-order valence-electron chi connectivity index (χ2n) is 3.67. The summed E-state index contributed by atoms with van der Waals surface area (Å²) in [4.78, 5) is 4.08. The maximum absolute atomic E-state index is 5.46. The number of hydrogen-bond acceptors (Lipinski definition) is 4. The van der Waals surface area contributed by atoms with Gasteiger partial charge in [0, 0.05) is 7.05 Å². The highest BCUT2D eigenvalue weighted by atomic mass is 15.4. The van der Waals surface area contributed by atoms with Crippen LogP contribution in [0.15, 0.2) is 12.4 Å². The fourth-order valence-electron chi connectivity index (χ4n) is 1.56. The van der Waals surface area contributed by atoms with Crippen molar-refractivity contribution in [3.05, 3.63) is 29.6 Å². The van der Waals surface area contributed by atoms with Gasteiger partial charge in [-0.1, -0.05) is 6.92 Å². The molecule has 6 nitrogen and oxygen atoms in total. The second kappa shape index (κ2) is 4.44. The maximum Gasteiger partial charge on any atom is 0.164 e. The number of rotatable bonds is 4. The largest absolute Gasteiger partial charge is 0.324 e. The minimum atomic E-state index is 0.374. The molecular weight excluding hydrogens is 204 g/mol. The molecule has 0 bridgehead atoms. The van der Waals surface area contributed by atoms with Crippen LogP contribution in [0.1, 0.15) is 24.1 Å². The Hall–Kier alpha value is -1.69. The third kappa shape index (κ3) is 2.11. The molecule has 2 N–H and O–H groups in total. The summed E-state index contributed by atoms with van der Waals surface area (Å²) < 4.78 is 3.65. The molecule has 0 aliphatic carbocycles. The van der Waals surface area contributed by atoms with Crippen molar-refractivity contribution in [3.8, 4) is 0 Å². The molecular formula is C10H16N6. The van der Waals surface area contributed by atoms with E-state index in [2.05, 4.69) is 28.2 Å². The smallest absolute Gasteiger partial charge is 0.164 e. The zero-order chi connectivity index (χ0) is 11.5. The summed E-state index contributed by atoms with van der Waals surface area (Å²) in [5.74, 6) is 0.665. The third-order valence-electron chi connectivity index (χ3n) is 2.48. The van der Waals surface area contributed by atoms with Crippen molar-refractivity contribution in [2.24, 2.45) is 12.8 Å². The molecule has 0 fully saturated rings. The molecule has 0 aliphatic heterocycles. The molecule has 2 aromatic heterocycles. The summed E-state index contributed by atoms with van der Waals surface area (Å²) in [5.41, 5.74) is 7.67. The monoisotopic (exact) mass is 220 g/mol. The quantitative estimate of drug-likeness (QED) is 0.792. The van der Waals surface area contributed by atoms with Gasteiger partial charge in [-0.15, -0.1) is 0 Å². The summed E-state index contributed by atoms with van der Waals surface area (Å²) in [6, 6.07) is 2.09. The predicted octanol–water partition coefficient (Wildman–Crippen LogP) is 0.0810. The van der Waals surface area contributed by atoms with E-state index in [0.29, 0.717) is 18.9 Å². The molecule has 0 atom stereocenters. The lowest BCUT2D eigenvalue weighted by molar-refractivity contribution is 0.611. The first-order valence-corrected chi connectivity index (χ1v) is 5.33. The third-order valence-corrected chi connectivity index (χ3v) is 2.48. The Bertz CT molecular complexity index is 469. The lowest BCUT2D eigenvalue weighted by Crippen LogP contribution is -2.07. The Kier molecular flexibility index (Phi) is 3.00. The Labute approximate surface area is 94.1 Å². The van der Waals surface area contributed by atoms with Crippen LogP contribution < -0.4 is 5.73 Å². The normalized spacial score (nSPS) is 10.9. The van der Waals surface area contributed by atoms with Crippen LogP contribution in [0, 0.1) is 0 Å². The van der Waals surface area contributed by atoms with Gasteiger partial charge in [-0.25, -0.2) is 9.67 Å². The lowest BCUT2D eigenvalue weighted by Gasteiger charge is -2.00. The van der Waals surface area contributed by atoms with Gasteiger partial charge < -0.3 is 5.73 Å². The first-order valence-electron chi connectivity index (χ1n) is 5.33. The van der Waals surface area contributed by atoms with E-state index in [4.69, 9.17) is 5.73 Å². The minimum Gasteiger partial charge on any atom is -0.324 e. The molecule has 0 amide bonds. The second-order valence-corrected chi connectivity index (χ2v) is 3.67. The van der Waals surface area contributed by atoms with Crippen LogP contribution in [0.4, 0.5) is 0 Å². The van der Waals surface area contributed by atoms with Crippen LogP contribution in [0.3, 0.4) is 0 Å². The van der Waals surface area contributed by atoms with Crippen LogP contribution in [0.2, 0.25) is 0 Å². The molecule has 2 aromatic rings. The number of nitrogens with two attached hydrogens (primary N) is 1. The van der Waals surface area contributed by atoms with E-state index in [-0.39, 0.29) is 0 Å². The van der Waals surface area contributed by atoms with Gasteiger partial charge >= 0.3 is 0 Å². The van der Waals surface area contributed by atoms with E-state index in [9.17, 15) is 0 Å². The maximum atomic E-state index is 5.46. The van der Waals surface area contributed by atoms with Crippen molar-refractivity contribution in [3.63, 3.8) is 0 Å². The average molecular weight is 220 g/mol. The molecule has 2 rings (SSSR count). The summed E-state index contributed by atoms with van der Waals surface area (Å²) in [5, 5.41) is 8.62. The van der Waals surface area contributed by atoms with Crippen molar-refractivity contribution in [2.45, 2.75) is 26.4 Å². The Morgan fingerprint density at radius 2 is 2.19 bits per heavy atom. The topological polar surface area (TPSA) is 74.6 Å². The molecule has 0 radical (unpaired) electrons. The molecule has 0 saturated heterocycles. The lowest BCUT2D eigenvalue weighted by atomic mass is 10.3. The first-order chi connectivity index (χ1) is 7.72. The summed E-state index contributed by atoms with van der Waals surface area (Å²) >= 11 is 0. The van der Waals surface area contributed by atoms with Gasteiger partial charge in [0.25, 0.3) is 0 Å². The predicted molar refractivity (Wildman–Crippen MR) is 59.6 cm³/mol. The van der Waals surface area contributed by atoms with Crippen molar-refractivity contribution in [2.75, 3.05) is 0 Å². The van der Waals surface area contributed by atoms with Gasteiger partial charge in [0.1, 0.15) is 6.33 Å². The Balaban J connectivity index is 2.16. The first kappa shape index (κ1) is 10.8. The van der Waals surface area contributed by atoms with E-state index in [1.54, 1.807) is 11.0 Å². The SMILES string of the molecule is CCc1cc(Cn2cnc(CN)n2)n(C)n1. The number of hydrogen-bond donors (Lipinski definition) is 1. The van der Waals surface area contributed by atoms with E-state index >= 15 is 0 Å². The molecule has 0 saturated carbocycles. The molecule has 0 spiro atoms. The van der Waals surface area contributed by atoms with Crippen molar-refractivity contribution in [1.29, 1.82) is 0 Å². The molecule has 86 valence electrons. The van der Waals surface area contributed by atoms with Crippen LogP contribution in [0.5, 0.6) is 0 Å². The van der Waals surface area contributed by atoms with Crippen molar-refractivity contribution in [1.82, 2.24) is 24.5 Å². The van der Waals surface area contributed by atoms with Crippen LogP contribution >= 0.6 is 0 Å².